The van der Waals surface area contributed by atoms with Gasteiger partial charge in [0.25, 0.3) is 0 Å². The largest absolute Gasteiger partial charge is 0.411 e. The molecule has 0 unspecified atom stereocenters. The standard InChI is InChI=1S/C16H18F3N3O2/c1-11(24-10-16(17,18)19)15(23)21-9-8-20-14-7-6-12-4-2-3-5-13(12)22-14/h2-7,11H,8-10H2,1H3,(H,20,22)(H,21,23)/t11-/m0/s1. The fourth-order valence-electron chi connectivity index (χ4n) is 1.98. The highest BCUT2D eigenvalue weighted by Crippen LogP contribution is 2.15. The van der Waals surface area contributed by atoms with E-state index in [0.717, 1.165) is 10.9 Å². The van der Waals surface area contributed by atoms with Crippen LogP contribution < -0.4 is 10.6 Å². The van der Waals surface area contributed by atoms with E-state index in [-0.39, 0.29) is 6.54 Å². The van der Waals surface area contributed by atoms with Gasteiger partial charge in [-0.3, -0.25) is 4.79 Å². The lowest BCUT2D eigenvalue weighted by Gasteiger charge is -2.15. The van der Waals surface area contributed by atoms with Crippen LogP contribution in [-0.2, 0) is 9.53 Å². The number of nitrogens with zero attached hydrogens (tertiary/aromatic N) is 1. The van der Waals surface area contributed by atoms with Crippen molar-refractivity contribution >= 4 is 22.6 Å². The number of ether oxygens (including phenoxy) is 1. The van der Waals surface area contributed by atoms with Crippen molar-refractivity contribution in [3.63, 3.8) is 0 Å². The van der Waals surface area contributed by atoms with Crippen LogP contribution in [0.3, 0.4) is 0 Å². The van der Waals surface area contributed by atoms with Gasteiger partial charge in [0.2, 0.25) is 5.91 Å². The predicted molar refractivity (Wildman–Crippen MR) is 84.7 cm³/mol. The highest BCUT2D eigenvalue weighted by atomic mass is 19.4. The van der Waals surface area contributed by atoms with E-state index in [4.69, 9.17) is 0 Å². The third kappa shape index (κ3) is 5.69. The van der Waals surface area contributed by atoms with Crippen LogP contribution in [-0.4, -0.2) is 42.9 Å². The molecule has 1 atom stereocenters. The fraction of sp³-hybridized carbons (Fsp3) is 0.375. The van der Waals surface area contributed by atoms with E-state index in [1.807, 2.05) is 36.4 Å². The summed E-state index contributed by atoms with van der Waals surface area (Å²) >= 11 is 0. The number of benzene rings is 1. The molecule has 0 fully saturated rings. The minimum atomic E-state index is -4.45. The molecule has 130 valence electrons. The molecule has 0 aliphatic rings. The maximum Gasteiger partial charge on any atom is 0.411 e. The number of rotatable bonds is 7. The molecular formula is C16H18F3N3O2. The Bertz CT molecular complexity index is 692. The number of alkyl halides is 3. The number of para-hydroxylation sites is 1. The zero-order valence-electron chi connectivity index (χ0n) is 13.1. The first-order valence-corrected chi connectivity index (χ1v) is 7.41. The minimum Gasteiger partial charge on any atom is -0.368 e. The number of aromatic nitrogens is 1. The number of halogens is 3. The van der Waals surface area contributed by atoms with E-state index in [9.17, 15) is 18.0 Å². The van der Waals surface area contributed by atoms with Crippen molar-refractivity contribution in [3.05, 3.63) is 36.4 Å². The molecule has 0 saturated heterocycles. The topological polar surface area (TPSA) is 63.2 Å². The van der Waals surface area contributed by atoms with Crippen molar-refractivity contribution in [1.29, 1.82) is 0 Å². The van der Waals surface area contributed by atoms with Crippen LogP contribution in [0.4, 0.5) is 19.0 Å². The number of anilines is 1. The number of carbonyl (C=O) groups excluding carboxylic acids is 1. The third-order valence-electron chi connectivity index (χ3n) is 3.19. The number of amides is 1. The molecule has 2 rings (SSSR count). The quantitative estimate of drug-likeness (QED) is 0.760. The molecule has 0 radical (unpaired) electrons. The number of carbonyl (C=O) groups is 1. The highest BCUT2D eigenvalue weighted by Gasteiger charge is 2.29. The van der Waals surface area contributed by atoms with Crippen molar-refractivity contribution in [2.24, 2.45) is 0 Å². The molecule has 0 saturated carbocycles. The van der Waals surface area contributed by atoms with Gasteiger partial charge in [-0.15, -0.1) is 0 Å². The predicted octanol–water partition coefficient (Wildman–Crippen LogP) is 2.73. The molecule has 24 heavy (non-hydrogen) atoms. The Morgan fingerprint density at radius 1 is 1.21 bits per heavy atom. The number of hydrogen-bond donors (Lipinski definition) is 2. The molecule has 8 heteroatoms. The Hall–Kier alpha value is -2.35. The zero-order valence-corrected chi connectivity index (χ0v) is 13.1. The second-order valence-corrected chi connectivity index (χ2v) is 5.18. The van der Waals surface area contributed by atoms with Crippen molar-refractivity contribution < 1.29 is 22.7 Å². The van der Waals surface area contributed by atoms with Crippen molar-refractivity contribution in [1.82, 2.24) is 10.3 Å². The molecule has 0 aliphatic heterocycles. The Morgan fingerprint density at radius 3 is 2.71 bits per heavy atom. The van der Waals surface area contributed by atoms with Gasteiger partial charge in [-0.25, -0.2) is 4.98 Å². The van der Waals surface area contributed by atoms with Crippen LogP contribution in [0.1, 0.15) is 6.92 Å². The number of nitrogens with one attached hydrogen (secondary N) is 2. The maximum atomic E-state index is 12.0. The first-order valence-electron chi connectivity index (χ1n) is 7.41. The van der Waals surface area contributed by atoms with E-state index in [1.54, 1.807) is 0 Å². The average molecular weight is 341 g/mol. The monoisotopic (exact) mass is 341 g/mol. The van der Waals surface area contributed by atoms with Gasteiger partial charge in [-0.05, 0) is 25.1 Å². The van der Waals surface area contributed by atoms with Gasteiger partial charge >= 0.3 is 6.18 Å². The van der Waals surface area contributed by atoms with E-state index >= 15 is 0 Å². The van der Waals surface area contributed by atoms with Gasteiger partial charge in [0.1, 0.15) is 18.5 Å². The molecule has 2 N–H and O–H groups in total. The summed E-state index contributed by atoms with van der Waals surface area (Å²) in [6.07, 6.45) is -5.61. The van der Waals surface area contributed by atoms with Gasteiger partial charge < -0.3 is 15.4 Å². The summed E-state index contributed by atoms with van der Waals surface area (Å²) in [6.45, 7) is 0.469. The van der Waals surface area contributed by atoms with E-state index in [0.29, 0.717) is 12.4 Å². The molecule has 1 amide bonds. The molecule has 0 spiro atoms. The summed E-state index contributed by atoms with van der Waals surface area (Å²) in [7, 11) is 0. The minimum absolute atomic E-state index is 0.243. The lowest BCUT2D eigenvalue weighted by atomic mass is 10.2. The molecule has 0 bridgehead atoms. The normalized spacial score (nSPS) is 12.8. The second-order valence-electron chi connectivity index (χ2n) is 5.18. The Morgan fingerprint density at radius 2 is 1.96 bits per heavy atom. The van der Waals surface area contributed by atoms with Crippen LogP contribution >= 0.6 is 0 Å². The van der Waals surface area contributed by atoms with Crippen LogP contribution in [0.5, 0.6) is 0 Å². The van der Waals surface area contributed by atoms with E-state index < -0.39 is 24.8 Å². The Labute approximate surface area is 137 Å². The molecule has 1 aromatic carbocycles. The lowest BCUT2D eigenvalue weighted by Crippen LogP contribution is -2.38. The molecule has 5 nitrogen and oxygen atoms in total. The maximum absolute atomic E-state index is 12.0. The number of pyridine rings is 1. The first-order chi connectivity index (χ1) is 11.3. The summed E-state index contributed by atoms with van der Waals surface area (Å²) < 4.78 is 40.5. The third-order valence-corrected chi connectivity index (χ3v) is 3.19. The van der Waals surface area contributed by atoms with Crippen LogP contribution in [0.15, 0.2) is 36.4 Å². The highest BCUT2D eigenvalue weighted by molar-refractivity contribution is 5.80. The van der Waals surface area contributed by atoms with Crippen molar-refractivity contribution in [2.45, 2.75) is 19.2 Å². The smallest absolute Gasteiger partial charge is 0.368 e. The van der Waals surface area contributed by atoms with Crippen molar-refractivity contribution in [3.8, 4) is 0 Å². The molecule has 0 aliphatic carbocycles. The molecule has 2 aromatic rings. The SMILES string of the molecule is C[C@H](OCC(F)(F)F)C(=O)NCCNc1ccc2ccccc2n1. The second kappa shape index (κ2) is 7.96. The van der Waals surface area contributed by atoms with Crippen LogP contribution in [0, 0.1) is 0 Å². The fourth-order valence-corrected chi connectivity index (χ4v) is 1.98. The summed E-state index contributed by atoms with van der Waals surface area (Å²) in [5.74, 6) is 0.0665. The van der Waals surface area contributed by atoms with Crippen LogP contribution in [0.25, 0.3) is 10.9 Å². The molecule has 1 aromatic heterocycles. The van der Waals surface area contributed by atoms with Gasteiger partial charge in [-0.1, -0.05) is 18.2 Å². The van der Waals surface area contributed by atoms with Crippen molar-refractivity contribution in [2.75, 3.05) is 25.0 Å². The van der Waals surface area contributed by atoms with E-state index in [1.165, 1.54) is 6.92 Å². The van der Waals surface area contributed by atoms with Crippen LogP contribution in [0.2, 0.25) is 0 Å². The lowest BCUT2D eigenvalue weighted by molar-refractivity contribution is -0.185. The zero-order chi connectivity index (χ0) is 17.6. The molecular weight excluding hydrogens is 323 g/mol. The number of hydrogen-bond acceptors (Lipinski definition) is 4. The summed E-state index contributed by atoms with van der Waals surface area (Å²) in [5, 5.41) is 6.57. The van der Waals surface area contributed by atoms with Gasteiger partial charge in [0.05, 0.1) is 5.52 Å². The Balaban J connectivity index is 1.72. The summed E-state index contributed by atoms with van der Waals surface area (Å²) in [6, 6.07) is 11.4. The molecule has 1 heterocycles. The number of fused-ring (bicyclic) bond motifs is 1. The first kappa shape index (κ1) is 18.0. The summed E-state index contributed by atoms with van der Waals surface area (Å²) in [4.78, 5) is 16.0. The summed E-state index contributed by atoms with van der Waals surface area (Å²) in [5.41, 5.74) is 0.848. The van der Waals surface area contributed by atoms with Gasteiger partial charge in [0.15, 0.2) is 0 Å². The van der Waals surface area contributed by atoms with Gasteiger partial charge in [-0.2, -0.15) is 13.2 Å². The van der Waals surface area contributed by atoms with E-state index in [2.05, 4.69) is 20.4 Å². The Kier molecular flexibility index (Phi) is 5.97. The average Bonchev–Trinajstić information content (AvgIpc) is 2.55. The van der Waals surface area contributed by atoms with Gasteiger partial charge in [0, 0.05) is 18.5 Å².